The van der Waals surface area contributed by atoms with Crippen molar-refractivity contribution < 1.29 is 18.0 Å². The first-order chi connectivity index (χ1) is 8.32. The Labute approximate surface area is 105 Å². The molecule has 0 aromatic carbocycles. The van der Waals surface area contributed by atoms with Gasteiger partial charge in [0.15, 0.2) is 0 Å². The molecule has 1 unspecified atom stereocenters. The Kier molecular flexibility index (Phi) is 5.44. The molecule has 0 saturated heterocycles. The number of carbonyl (C=O) groups is 1. The number of amides is 1. The van der Waals surface area contributed by atoms with Crippen molar-refractivity contribution in [3.05, 3.63) is 0 Å². The van der Waals surface area contributed by atoms with Gasteiger partial charge in [-0.05, 0) is 32.1 Å². The number of alkyl halides is 3. The fraction of sp³-hybridized carbons (Fsp3) is 0.917. The normalized spacial score (nSPS) is 26.7. The van der Waals surface area contributed by atoms with Crippen molar-refractivity contribution in [3.63, 3.8) is 0 Å². The van der Waals surface area contributed by atoms with Crippen LogP contribution in [-0.4, -0.2) is 24.2 Å². The Hall–Kier alpha value is -0.780. The van der Waals surface area contributed by atoms with Gasteiger partial charge in [0.25, 0.3) is 0 Å². The number of halogens is 3. The van der Waals surface area contributed by atoms with E-state index in [4.69, 9.17) is 5.73 Å². The van der Waals surface area contributed by atoms with Crippen molar-refractivity contribution in [2.24, 2.45) is 11.7 Å². The molecule has 0 heterocycles. The standard InChI is InChI=1S/C12H21F3N2O/c1-2-9(16)7-11(18)17-10-5-3-8(4-6-10)12(13,14)15/h8-10H,2-7,16H2,1H3,(H,17,18). The minimum absolute atomic E-state index is 0.105. The average molecular weight is 266 g/mol. The zero-order valence-corrected chi connectivity index (χ0v) is 10.6. The zero-order valence-electron chi connectivity index (χ0n) is 10.6. The Morgan fingerprint density at radius 3 is 2.33 bits per heavy atom. The maximum atomic E-state index is 12.4. The smallest absolute Gasteiger partial charge is 0.353 e. The largest absolute Gasteiger partial charge is 0.391 e. The van der Waals surface area contributed by atoms with Gasteiger partial charge in [-0.1, -0.05) is 6.92 Å². The molecule has 0 spiro atoms. The van der Waals surface area contributed by atoms with E-state index in [-0.39, 0.29) is 37.3 Å². The van der Waals surface area contributed by atoms with Crippen molar-refractivity contribution in [2.45, 2.75) is 63.7 Å². The van der Waals surface area contributed by atoms with E-state index in [0.717, 1.165) is 0 Å². The van der Waals surface area contributed by atoms with E-state index in [2.05, 4.69) is 5.32 Å². The molecule has 1 aliphatic carbocycles. The van der Waals surface area contributed by atoms with Crippen LogP contribution in [0.5, 0.6) is 0 Å². The van der Waals surface area contributed by atoms with Crippen molar-refractivity contribution in [3.8, 4) is 0 Å². The molecule has 18 heavy (non-hydrogen) atoms. The Morgan fingerprint density at radius 1 is 1.33 bits per heavy atom. The molecule has 1 fully saturated rings. The molecule has 0 bridgehead atoms. The second-order valence-electron chi connectivity index (χ2n) is 5.03. The lowest BCUT2D eigenvalue weighted by Gasteiger charge is -2.30. The first-order valence-electron chi connectivity index (χ1n) is 6.44. The van der Waals surface area contributed by atoms with Gasteiger partial charge in [0.1, 0.15) is 0 Å². The van der Waals surface area contributed by atoms with E-state index in [9.17, 15) is 18.0 Å². The summed E-state index contributed by atoms with van der Waals surface area (Å²) in [7, 11) is 0. The molecule has 1 amide bonds. The number of carbonyl (C=O) groups excluding carboxylic acids is 1. The molecular formula is C12H21F3N2O. The lowest BCUT2D eigenvalue weighted by atomic mass is 9.85. The molecule has 0 aromatic heterocycles. The topological polar surface area (TPSA) is 55.1 Å². The minimum atomic E-state index is -4.10. The number of rotatable bonds is 4. The fourth-order valence-electron chi connectivity index (χ4n) is 2.23. The molecule has 1 rings (SSSR count). The summed E-state index contributed by atoms with van der Waals surface area (Å²) in [5.74, 6) is -1.36. The SMILES string of the molecule is CCC(N)CC(=O)NC1CCC(C(F)(F)F)CC1. The quantitative estimate of drug-likeness (QED) is 0.820. The van der Waals surface area contributed by atoms with Gasteiger partial charge < -0.3 is 11.1 Å². The van der Waals surface area contributed by atoms with Crippen LogP contribution in [0, 0.1) is 5.92 Å². The van der Waals surface area contributed by atoms with E-state index in [1.165, 1.54) is 0 Å². The Morgan fingerprint density at radius 2 is 1.89 bits per heavy atom. The minimum Gasteiger partial charge on any atom is -0.353 e. The molecule has 0 aliphatic heterocycles. The monoisotopic (exact) mass is 266 g/mol. The summed E-state index contributed by atoms with van der Waals surface area (Å²) in [5, 5.41) is 2.77. The van der Waals surface area contributed by atoms with Gasteiger partial charge in [-0.2, -0.15) is 13.2 Å². The predicted octanol–water partition coefficient (Wildman–Crippen LogP) is 2.35. The van der Waals surface area contributed by atoms with Gasteiger partial charge in [-0.15, -0.1) is 0 Å². The van der Waals surface area contributed by atoms with E-state index in [1.807, 2.05) is 6.92 Å². The van der Waals surface area contributed by atoms with Crippen LogP contribution in [0.4, 0.5) is 13.2 Å². The van der Waals surface area contributed by atoms with Crippen molar-refractivity contribution in [1.29, 1.82) is 0 Å². The highest BCUT2D eigenvalue weighted by Gasteiger charge is 2.41. The molecule has 0 aromatic rings. The van der Waals surface area contributed by atoms with Crippen molar-refractivity contribution in [1.82, 2.24) is 5.32 Å². The highest BCUT2D eigenvalue weighted by molar-refractivity contribution is 5.76. The summed E-state index contributed by atoms with van der Waals surface area (Å²) in [6.07, 6.45) is -2.12. The van der Waals surface area contributed by atoms with Crippen LogP contribution in [0.15, 0.2) is 0 Å². The molecule has 3 N–H and O–H groups in total. The Balaban J connectivity index is 2.29. The molecule has 0 radical (unpaired) electrons. The van der Waals surface area contributed by atoms with Crippen LogP contribution in [-0.2, 0) is 4.79 Å². The molecule has 6 heteroatoms. The molecule has 1 atom stereocenters. The van der Waals surface area contributed by atoms with E-state index < -0.39 is 12.1 Å². The van der Waals surface area contributed by atoms with Crippen molar-refractivity contribution >= 4 is 5.91 Å². The van der Waals surface area contributed by atoms with Gasteiger partial charge in [0, 0.05) is 18.5 Å². The third kappa shape index (κ3) is 4.84. The number of nitrogens with one attached hydrogen (secondary N) is 1. The first kappa shape index (κ1) is 15.3. The zero-order chi connectivity index (χ0) is 13.8. The maximum Gasteiger partial charge on any atom is 0.391 e. The third-order valence-corrected chi connectivity index (χ3v) is 3.53. The van der Waals surface area contributed by atoms with Gasteiger partial charge >= 0.3 is 6.18 Å². The van der Waals surface area contributed by atoms with Gasteiger partial charge in [0.05, 0.1) is 5.92 Å². The van der Waals surface area contributed by atoms with Crippen LogP contribution < -0.4 is 11.1 Å². The number of nitrogens with two attached hydrogens (primary N) is 1. The molecular weight excluding hydrogens is 245 g/mol. The van der Waals surface area contributed by atoms with E-state index in [1.54, 1.807) is 0 Å². The fourth-order valence-corrected chi connectivity index (χ4v) is 2.23. The molecule has 1 saturated carbocycles. The highest BCUT2D eigenvalue weighted by atomic mass is 19.4. The lowest BCUT2D eigenvalue weighted by molar-refractivity contribution is -0.182. The second-order valence-corrected chi connectivity index (χ2v) is 5.03. The molecule has 1 aliphatic rings. The van der Waals surface area contributed by atoms with Gasteiger partial charge in [-0.3, -0.25) is 4.79 Å². The second kappa shape index (κ2) is 6.41. The molecule has 106 valence electrons. The van der Waals surface area contributed by atoms with Crippen LogP contribution in [0.1, 0.15) is 45.4 Å². The summed E-state index contributed by atoms with van der Waals surface area (Å²) in [5.41, 5.74) is 5.65. The van der Waals surface area contributed by atoms with Gasteiger partial charge in [-0.25, -0.2) is 0 Å². The van der Waals surface area contributed by atoms with Crippen LogP contribution >= 0.6 is 0 Å². The average Bonchev–Trinajstić information content (AvgIpc) is 2.28. The molecule has 3 nitrogen and oxygen atoms in total. The lowest BCUT2D eigenvalue weighted by Crippen LogP contribution is -2.41. The Bertz CT molecular complexity index is 273. The summed E-state index contributed by atoms with van der Waals surface area (Å²) in [6, 6.07) is -0.295. The summed E-state index contributed by atoms with van der Waals surface area (Å²) < 4.78 is 37.3. The van der Waals surface area contributed by atoms with Gasteiger partial charge in [0.2, 0.25) is 5.91 Å². The first-order valence-corrected chi connectivity index (χ1v) is 6.44. The number of hydrogen-bond donors (Lipinski definition) is 2. The van der Waals surface area contributed by atoms with Crippen molar-refractivity contribution in [2.75, 3.05) is 0 Å². The van der Waals surface area contributed by atoms with Crippen LogP contribution in [0.25, 0.3) is 0 Å². The predicted molar refractivity (Wildman–Crippen MR) is 62.8 cm³/mol. The summed E-state index contributed by atoms with van der Waals surface area (Å²) >= 11 is 0. The number of hydrogen-bond acceptors (Lipinski definition) is 2. The summed E-state index contributed by atoms with van der Waals surface area (Å²) in [4.78, 5) is 11.5. The van der Waals surface area contributed by atoms with E-state index >= 15 is 0 Å². The highest BCUT2D eigenvalue weighted by Crippen LogP contribution is 2.37. The maximum absolute atomic E-state index is 12.4. The van der Waals surface area contributed by atoms with Crippen LogP contribution in [0.2, 0.25) is 0 Å². The van der Waals surface area contributed by atoms with E-state index in [0.29, 0.717) is 19.3 Å². The summed E-state index contributed by atoms with van der Waals surface area (Å²) in [6.45, 7) is 1.90. The third-order valence-electron chi connectivity index (χ3n) is 3.53. The van der Waals surface area contributed by atoms with Crippen LogP contribution in [0.3, 0.4) is 0 Å².